The molecule has 3 rings (SSSR count). The summed E-state index contributed by atoms with van der Waals surface area (Å²) in [6.07, 6.45) is 4.09. The summed E-state index contributed by atoms with van der Waals surface area (Å²) < 4.78 is 26.8. The molecule has 7 heteroatoms. The quantitative estimate of drug-likeness (QED) is 0.822. The molecule has 0 unspecified atom stereocenters. The van der Waals surface area contributed by atoms with E-state index in [0.29, 0.717) is 31.2 Å². The summed E-state index contributed by atoms with van der Waals surface area (Å²) in [6.45, 7) is 3.64. The van der Waals surface area contributed by atoms with Crippen molar-refractivity contribution in [2.45, 2.75) is 37.5 Å². The van der Waals surface area contributed by atoms with Gasteiger partial charge in [-0.15, -0.1) is 0 Å². The summed E-state index contributed by atoms with van der Waals surface area (Å²) in [4.78, 5) is 14.8. The van der Waals surface area contributed by atoms with E-state index >= 15 is 0 Å². The van der Waals surface area contributed by atoms with Crippen molar-refractivity contribution in [1.29, 1.82) is 0 Å². The zero-order valence-corrected chi connectivity index (χ0v) is 15.4. The molecule has 1 aromatic rings. The Balaban J connectivity index is 1.66. The van der Waals surface area contributed by atoms with Crippen LogP contribution in [0.2, 0.25) is 5.02 Å². The minimum Gasteiger partial charge on any atom is -0.340 e. The molecule has 24 heavy (non-hydrogen) atoms. The number of rotatable bonds is 3. The maximum absolute atomic E-state index is 12.7. The lowest BCUT2D eigenvalue weighted by atomic mass is 9.87. The first kappa shape index (κ1) is 17.7. The predicted molar refractivity (Wildman–Crippen MR) is 93.4 cm³/mol. The molecule has 132 valence electrons. The van der Waals surface area contributed by atoms with E-state index in [4.69, 9.17) is 11.6 Å². The highest BCUT2D eigenvalue weighted by Gasteiger charge is 2.40. The van der Waals surface area contributed by atoms with Gasteiger partial charge in [0.15, 0.2) is 0 Å². The Kier molecular flexibility index (Phi) is 4.91. The van der Waals surface area contributed by atoms with Crippen LogP contribution in [0.3, 0.4) is 0 Å². The largest absolute Gasteiger partial charge is 0.340 e. The number of halogens is 1. The Morgan fingerprint density at radius 2 is 1.58 bits per heavy atom. The second kappa shape index (κ2) is 6.65. The molecular weight excluding hydrogens is 348 g/mol. The molecule has 0 aromatic heterocycles. The number of carbonyl (C=O) groups excluding carboxylic acids is 1. The summed E-state index contributed by atoms with van der Waals surface area (Å²) in [5.41, 5.74) is -0.253. The van der Waals surface area contributed by atoms with E-state index in [1.807, 2.05) is 11.8 Å². The molecule has 1 saturated heterocycles. The fourth-order valence-corrected chi connectivity index (χ4v) is 5.19. The maximum atomic E-state index is 12.7. The van der Waals surface area contributed by atoms with Crippen LogP contribution in [-0.2, 0) is 14.8 Å². The summed E-state index contributed by atoms with van der Waals surface area (Å²) in [5, 5.41) is 0.508. The number of nitrogens with zero attached hydrogens (tertiary/aromatic N) is 2. The summed E-state index contributed by atoms with van der Waals surface area (Å²) in [7, 11) is -3.53. The van der Waals surface area contributed by atoms with Crippen molar-refractivity contribution in [3.63, 3.8) is 0 Å². The third kappa shape index (κ3) is 3.32. The van der Waals surface area contributed by atoms with Crippen molar-refractivity contribution in [2.24, 2.45) is 5.41 Å². The van der Waals surface area contributed by atoms with E-state index in [2.05, 4.69) is 0 Å². The molecular formula is C17H23ClN2O3S. The SMILES string of the molecule is CC1(C(=O)N2CCN(S(=O)(=O)c3ccc(Cl)cc3)CC2)CCCC1. The van der Waals surface area contributed by atoms with Crippen LogP contribution in [0.15, 0.2) is 29.2 Å². The second-order valence-electron chi connectivity index (χ2n) is 6.92. The Bertz CT molecular complexity index is 704. The van der Waals surface area contributed by atoms with Crippen molar-refractivity contribution in [2.75, 3.05) is 26.2 Å². The molecule has 0 radical (unpaired) electrons. The molecule has 1 heterocycles. The van der Waals surface area contributed by atoms with Crippen LogP contribution >= 0.6 is 11.6 Å². The Morgan fingerprint density at radius 3 is 2.12 bits per heavy atom. The van der Waals surface area contributed by atoms with E-state index in [0.717, 1.165) is 25.7 Å². The summed E-state index contributed by atoms with van der Waals surface area (Å²) >= 11 is 5.82. The van der Waals surface area contributed by atoms with Crippen molar-refractivity contribution < 1.29 is 13.2 Å². The third-order valence-electron chi connectivity index (χ3n) is 5.20. The number of sulfonamides is 1. The molecule has 5 nitrogen and oxygen atoms in total. The van der Waals surface area contributed by atoms with Gasteiger partial charge in [0.25, 0.3) is 0 Å². The summed E-state index contributed by atoms with van der Waals surface area (Å²) in [5.74, 6) is 0.184. The lowest BCUT2D eigenvalue weighted by Crippen LogP contribution is -2.53. The van der Waals surface area contributed by atoms with Crippen LogP contribution in [0.25, 0.3) is 0 Å². The molecule has 0 bridgehead atoms. The van der Waals surface area contributed by atoms with Crippen molar-refractivity contribution in [1.82, 2.24) is 9.21 Å². The molecule has 1 saturated carbocycles. The maximum Gasteiger partial charge on any atom is 0.243 e. The molecule has 1 aromatic carbocycles. The van der Waals surface area contributed by atoms with Crippen LogP contribution in [0.5, 0.6) is 0 Å². The zero-order chi connectivity index (χ0) is 17.4. The van der Waals surface area contributed by atoms with Gasteiger partial charge in [0.2, 0.25) is 15.9 Å². The van der Waals surface area contributed by atoms with Crippen molar-refractivity contribution >= 4 is 27.5 Å². The van der Waals surface area contributed by atoms with Gasteiger partial charge in [-0.05, 0) is 37.1 Å². The minimum absolute atomic E-state index is 0.184. The van der Waals surface area contributed by atoms with Gasteiger partial charge in [-0.25, -0.2) is 8.42 Å². The normalized spacial score (nSPS) is 21.8. The lowest BCUT2D eigenvalue weighted by Gasteiger charge is -2.38. The predicted octanol–water partition coefficient (Wildman–Crippen LogP) is 2.75. The Morgan fingerprint density at radius 1 is 1.04 bits per heavy atom. The van der Waals surface area contributed by atoms with Gasteiger partial charge in [-0.1, -0.05) is 31.4 Å². The average molecular weight is 371 g/mol. The molecule has 0 N–H and O–H groups in total. The number of hydrogen-bond donors (Lipinski definition) is 0. The third-order valence-corrected chi connectivity index (χ3v) is 7.37. The van der Waals surface area contributed by atoms with Crippen LogP contribution in [-0.4, -0.2) is 49.7 Å². The number of piperazine rings is 1. The number of carbonyl (C=O) groups is 1. The van der Waals surface area contributed by atoms with Crippen LogP contribution < -0.4 is 0 Å². The molecule has 2 fully saturated rings. The van der Waals surface area contributed by atoms with Crippen LogP contribution in [0, 0.1) is 5.41 Å². The first-order valence-electron chi connectivity index (χ1n) is 8.38. The fourth-order valence-electron chi connectivity index (χ4n) is 3.64. The Labute approximate surface area is 148 Å². The standard InChI is InChI=1S/C17H23ClN2O3S/c1-17(8-2-3-9-17)16(21)19-10-12-20(13-11-19)24(22,23)15-6-4-14(18)5-7-15/h4-7H,2-3,8-13H2,1H3. The average Bonchev–Trinajstić information content (AvgIpc) is 3.03. The number of amides is 1. The zero-order valence-electron chi connectivity index (χ0n) is 13.9. The van der Waals surface area contributed by atoms with E-state index in [1.54, 1.807) is 12.1 Å². The van der Waals surface area contributed by atoms with Gasteiger partial charge in [-0.3, -0.25) is 4.79 Å². The van der Waals surface area contributed by atoms with E-state index < -0.39 is 10.0 Å². The summed E-state index contributed by atoms with van der Waals surface area (Å²) in [6, 6.07) is 6.20. The molecule has 1 aliphatic carbocycles. The van der Waals surface area contributed by atoms with Gasteiger partial charge in [0.1, 0.15) is 0 Å². The van der Waals surface area contributed by atoms with E-state index in [1.165, 1.54) is 16.4 Å². The first-order chi connectivity index (χ1) is 11.3. The molecule has 2 aliphatic rings. The molecule has 1 aliphatic heterocycles. The van der Waals surface area contributed by atoms with E-state index in [-0.39, 0.29) is 16.2 Å². The van der Waals surface area contributed by atoms with Gasteiger partial charge in [0.05, 0.1) is 4.90 Å². The first-order valence-corrected chi connectivity index (χ1v) is 10.2. The van der Waals surface area contributed by atoms with Crippen molar-refractivity contribution in [3.05, 3.63) is 29.3 Å². The van der Waals surface area contributed by atoms with Crippen LogP contribution in [0.1, 0.15) is 32.6 Å². The van der Waals surface area contributed by atoms with Crippen molar-refractivity contribution in [3.8, 4) is 0 Å². The van der Waals surface area contributed by atoms with Gasteiger partial charge in [-0.2, -0.15) is 4.31 Å². The van der Waals surface area contributed by atoms with Crippen LogP contribution in [0.4, 0.5) is 0 Å². The molecule has 1 amide bonds. The Hall–Kier alpha value is -1.11. The highest BCUT2D eigenvalue weighted by molar-refractivity contribution is 7.89. The second-order valence-corrected chi connectivity index (χ2v) is 9.29. The topological polar surface area (TPSA) is 57.7 Å². The van der Waals surface area contributed by atoms with E-state index in [9.17, 15) is 13.2 Å². The van der Waals surface area contributed by atoms with Gasteiger partial charge < -0.3 is 4.90 Å². The fraction of sp³-hybridized carbons (Fsp3) is 0.588. The molecule has 0 atom stereocenters. The smallest absolute Gasteiger partial charge is 0.243 e. The highest BCUT2D eigenvalue weighted by Crippen LogP contribution is 2.39. The number of benzene rings is 1. The minimum atomic E-state index is -3.53. The monoisotopic (exact) mass is 370 g/mol. The lowest BCUT2D eigenvalue weighted by molar-refractivity contribution is -0.142. The number of hydrogen-bond acceptors (Lipinski definition) is 3. The van der Waals surface area contributed by atoms with Gasteiger partial charge >= 0.3 is 0 Å². The van der Waals surface area contributed by atoms with Gasteiger partial charge in [0, 0.05) is 36.6 Å². The molecule has 0 spiro atoms. The highest BCUT2D eigenvalue weighted by atomic mass is 35.5.